The van der Waals surface area contributed by atoms with Crippen LogP contribution in [0.1, 0.15) is 82.6 Å². The highest BCUT2D eigenvalue weighted by Gasteiger charge is 2.30. The molecular formula is C33H41FO5. The second kappa shape index (κ2) is 13.6. The Morgan fingerprint density at radius 1 is 0.974 bits per heavy atom. The summed E-state index contributed by atoms with van der Waals surface area (Å²) in [6, 6.07) is 18.3. The van der Waals surface area contributed by atoms with Crippen LogP contribution in [0.5, 0.6) is 11.5 Å². The van der Waals surface area contributed by atoms with Gasteiger partial charge in [0.1, 0.15) is 23.9 Å². The van der Waals surface area contributed by atoms with Gasteiger partial charge in [0.15, 0.2) is 0 Å². The third-order valence-electron chi connectivity index (χ3n) is 6.78. The Morgan fingerprint density at radius 2 is 1.74 bits per heavy atom. The first-order valence-electron chi connectivity index (χ1n) is 13.6. The number of rotatable bonds is 13. The average Bonchev–Trinajstić information content (AvgIpc) is 2.90. The lowest BCUT2D eigenvalue weighted by atomic mass is 9.81. The van der Waals surface area contributed by atoms with Crippen LogP contribution in [0.3, 0.4) is 0 Å². The molecule has 0 aliphatic rings. The van der Waals surface area contributed by atoms with Crippen molar-refractivity contribution in [1.82, 2.24) is 0 Å². The van der Waals surface area contributed by atoms with E-state index >= 15 is 4.39 Å². The van der Waals surface area contributed by atoms with Crippen molar-refractivity contribution in [3.63, 3.8) is 0 Å². The van der Waals surface area contributed by atoms with Gasteiger partial charge in [-0.1, -0.05) is 58.4 Å². The van der Waals surface area contributed by atoms with Crippen LogP contribution in [0.15, 0.2) is 60.7 Å². The molecule has 0 amide bonds. The SMILES string of the molecule is CCC[C@@H](CC(=O)O)c1cccc(OCc2ccc(-c3cc(OC)ccc3F)c([C@@H](OCC)C(C)(C)C)c2)c1. The number of carboxylic acids is 1. The maximum Gasteiger partial charge on any atom is 0.303 e. The van der Waals surface area contributed by atoms with Crippen molar-refractivity contribution < 1.29 is 28.5 Å². The van der Waals surface area contributed by atoms with E-state index in [2.05, 4.69) is 27.7 Å². The molecule has 0 aromatic heterocycles. The Bertz CT molecular complexity index is 1250. The lowest BCUT2D eigenvalue weighted by Crippen LogP contribution is -2.22. The highest BCUT2D eigenvalue weighted by atomic mass is 19.1. The average molecular weight is 537 g/mol. The van der Waals surface area contributed by atoms with E-state index in [0.29, 0.717) is 30.3 Å². The molecule has 0 radical (unpaired) electrons. The molecule has 3 aromatic rings. The fraction of sp³-hybridized carbons (Fsp3) is 0.424. The van der Waals surface area contributed by atoms with Crippen molar-refractivity contribution in [2.24, 2.45) is 5.41 Å². The Hall–Kier alpha value is -3.38. The van der Waals surface area contributed by atoms with Gasteiger partial charge in [0.25, 0.3) is 0 Å². The van der Waals surface area contributed by atoms with Crippen LogP contribution in [-0.2, 0) is 16.1 Å². The van der Waals surface area contributed by atoms with E-state index in [1.807, 2.05) is 49.4 Å². The fourth-order valence-electron chi connectivity index (χ4n) is 4.95. The Kier molecular flexibility index (Phi) is 10.5. The summed E-state index contributed by atoms with van der Waals surface area (Å²) in [5, 5.41) is 9.34. The molecule has 0 spiro atoms. The van der Waals surface area contributed by atoms with E-state index in [9.17, 15) is 9.90 Å². The van der Waals surface area contributed by atoms with E-state index < -0.39 is 5.97 Å². The van der Waals surface area contributed by atoms with Crippen molar-refractivity contribution >= 4 is 5.97 Å². The number of ether oxygens (including phenoxy) is 3. The second-order valence-corrected chi connectivity index (χ2v) is 10.9. The second-order valence-electron chi connectivity index (χ2n) is 10.9. The molecule has 0 heterocycles. The molecule has 0 unspecified atom stereocenters. The van der Waals surface area contributed by atoms with Crippen molar-refractivity contribution in [3.05, 3.63) is 83.2 Å². The number of carbonyl (C=O) groups is 1. The number of methoxy groups -OCH3 is 1. The normalized spacial score (nSPS) is 13.1. The molecule has 6 heteroatoms. The van der Waals surface area contributed by atoms with Gasteiger partial charge < -0.3 is 19.3 Å². The van der Waals surface area contributed by atoms with Gasteiger partial charge in [0.2, 0.25) is 0 Å². The maximum absolute atomic E-state index is 15.1. The van der Waals surface area contributed by atoms with Crippen LogP contribution in [0, 0.1) is 11.2 Å². The molecule has 39 heavy (non-hydrogen) atoms. The van der Waals surface area contributed by atoms with Gasteiger partial charge in [-0.05, 0) is 83.3 Å². The molecule has 0 fully saturated rings. The van der Waals surface area contributed by atoms with Crippen molar-refractivity contribution in [2.45, 2.75) is 72.5 Å². The molecule has 2 atom stereocenters. The fourth-order valence-corrected chi connectivity index (χ4v) is 4.95. The van der Waals surface area contributed by atoms with Gasteiger partial charge in [-0.3, -0.25) is 4.79 Å². The number of benzene rings is 3. The van der Waals surface area contributed by atoms with Crippen molar-refractivity contribution in [1.29, 1.82) is 0 Å². The zero-order valence-corrected chi connectivity index (χ0v) is 23.9. The van der Waals surface area contributed by atoms with Crippen molar-refractivity contribution in [2.75, 3.05) is 13.7 Å². The van der Waals surface area contributed by atoms with Gasteiger partial charge in [-0.15, -0.1) is 0 Å². The molecule has 0 saturated carbocycles. The topological polar surface area (TPSA) is 65.0 Å². The minimum absolute atomic E-state index is 0.0570. The lowest BCUT2D eigenvalue weighted by Gasteiger charge is -2.33. The first-order valence-corrected chi connectivity index (χ1v) is 13.6. The number of aliphatic carboxylic acids is 1. The number of halogens is 1. The summed E-state index contributed by atoms with van der Waals surface area (Å²) in [7, 11) is 1.57. The van der Waals surface area contributed by atoms with E-state index in [4.69, 9.17) is 14.2 Å². The number of hydrogen-bond acceptors (Lipinski definition) is 4. The van der Waals surface area contributed by atoms with Gasteiger partial charge in [-0.25, -0.2) is 4.39 Å². The van der Waals surface area contributed by atoms with E-state index in [0.717, 1.165) is 35.1 Å². The summed E-state index contributed by atoms with van der Waals surface area (Å²) < 4.78 is 32.8. The van der Waals surface area contributed by atoms with E-state index in [1.54, 1.807) is 19.2 Å². The molecule has 0 aliphatic heterocycles. The van der Waals surface area contributed by atoms with Crippen LogP contribution >= 0.6 is 0 Å². The zero-order valence-electron chi connectivity index (χ0n) is 23.9. The van der Waals surface area contributed by atoms with Gasteiger partial charge in [-0.2, -0.15) is 0 Å². The van der Waals surface area contributed by atoms with Crippen LogP contribution < -0.4 is 9.47 Å². The number of carboxylic acid groups (broad SMARTS) is 1. The predicted molar refractivity (Wildman–Crippen MR) is 153 cm³/mol. The van der Waals surface area contributed by atoms with E-state index in [-0.39, 0.29) is 29.7 Å². The molecule has 3 rings (SSSR count). The van der Waals surface area contributed by atoms with Crippen LogP contribution in [0.4, 0.5) is 4.39 Å². The van der Waals surface area contributed by atoms with Gasteiger partial charge in [0.05, 0.1) is 19.6 Å². The van der Waals surface area contributed by atoms with Gasteiger partial charge in [0, 0.05) is 12.2 Å². The van der Waals surface area contributed by atoms with Crippen LogP contribution in [-0.4, -0.2) is 24.8 Å². The monoisotopic (exact) mass is 536 g/mol. The first-order chi connectivity index (χ1) is 18.6. The largest absolute Gasteiger partial charge is 0.497 e. The first kappa shape index (κ1) is 30.2. The summed E-state index contributed by atoms with van der Waals surface area (Å²) in [4.78, 5) is 11.4. The third kappa shape index (κ3) is 8.06. The quantitative estimate of drug-likeness (QED) is 0.237. The molecule has 0 aliphatic carbocycles. The Morgan fingerprint density at radius 3 is 2.38 bits per heavy atom. The summed E-state index contributed by atoms with van der Waals surface area (Å²) in [6.45, 7) is 11.2. The minimum Gasteiger partial charge on any atom is -0.497 e. The highest BCUT2D eigenvalue weighted by molar-refractivity contribution is 5.71. The smallest absolute Gasteiger partial charge is 0.303 e. The maximum atomic E-state index is 15.1. The zero-order chi connectivity index (χ0) is 28.6. The summed E-state index contributed by atoms with van der Waals surface area (Å²) >= 11 is 0. The summed E-state index contributed by atoms with van der Waals surface area (Å²) in [5.41, 5.74) is 3.74. The third-order valence-corrected chi connectivity index (χ3v) is 6.78. The van der Waals surface area contributed by atoms with E-state index in [1.165, 1.54) is 6.07 Å². The summed E-state index contributed by atoms with van der Waals surface area (Å²) in [5.74, 6) is 0.0734. The van der Waals surface area contributed by atoms with Crippen molar-refractivity contribution in [3.8, 4) is 22.6 Å². The molecule has 3 aromatic carbocycles. The molecule has 0 saturated heterocycles. The minimum atomic E-state index is -0.803. The van der Waals surface area contributed by atoms with Crippen LogP contribution in [0.25, 0.3) is 11.1 Å². The molecule has 5 nitrogen and oxygen atoms in total. The van der Waals surface area contributed by atoms with Gasteiger partial charge >= 0.3 is 5.97 Å². The molecular weight excluding hydrogens is 495 g/mol. The molecule has 210 valence electrons. The standard InChI is InChI=1S/C33H41FO5/c1-7-10-23(19-31(35)36)24-11-9-12-26(18-24)39-21-22-13-15-27(28-20-25(37-6)14-16-30(28)34)29(17-22)32(38-8-2)33(3,4)5/h9,11-18,20,23,32H,7-8,10,19,21H2,1-6H3,(H,35,36)/t23-,32+/m0/s1. The predicted octanol–water partition coefficient (Wildman–Crippen LogP) is 8.56. The van der Waals surface area contributed by atoms with Crippen LogP contribution in [0.2, 0.25) is 0 Å². The molecule has 1 N–H and O–H groups in total. The summed E-state index contributed by atoms with van der Waals surface area (Å²) in [6.07, 6.45) is 1.51. The Balaban J connectivity index is 1.97. The number of hydrogen-bond donors (Lipinski definition) is 1. The highest BCUT2D eigenvalue weighted by Crippen LogP contribution is 2.42. The Labute approximate surface area is 231 Å². The lowest BCUT2D eigenvalue weighted by molar-refractivity contribution is -0.137. The molecule has 0 bridgehead atoms.